The molecule has 186 valence electrons. The molecule has 0 bridgehead atoms. The molecular formula is C25H34FN3O4S. The summed E-state index contributed by atoms with van der Waals surface area (Å²) < 4.78 is 39.6. The minimum atomic E-state index is -3.79. The highest BCUT2D eigenvalue weighted by molar-refractivity contribution is 7.92. The van der Waals surface area contributed by atoms with Crippen LogP contribution in [0.2, 0.25) is 0 Å². The number of nitrogens with zero attached hydrogens (tertiary/aromatic N) is 2. The van der Waals surface area contributed by atoms with Crippen molar-refractivity contribution in [2.24, 2.45) is 0 Å². The molecule has 0 spiro atoms. The Morgan fingerprint density at radius 1 is 1.03 bits per heavy atom. The molecular weight excluding hydrogens is 457 g/mol. The van der Waals surface area contributed by atoms with Gasteiger partial charge in [-0.05, 0) is 54.7 Å². The number of rotatable bonds is 9. The number of hydrogen-bond donors (Lipinski definition) is 1. The van der Waals surface area contributed by atoms with E-state index in [1.165, 1.54) is 29.2 Å². The zero-order chi connectivity index (χ0) is 25.7. The van der Waals surface area contributed by atoms with Gasteiger partial charge < -0.3 is 10.2 Å². The minimum Gasteiger partial charge on any atom is -0.355 e. The number of carbonyl (C=O) groups is 2. The molecule has 2 amide bonds. The Morgan fingerprint density at radius 2 is 1.59 bits per heavy atom. The quantitative estimate of drug-likeness (QED) is 0.582. The standard InChI is InChI=1S/C25H34FN3O4S/c1-7-27-24(31)18(2)28(16-19-8-12-21(26)13-9-19)23(30)17-29(34(6,32)33)22-14-10-20(11-15-22)25(3,4)5/h8-15,18H,7,16-17H2,1-6H3,(H,27,31)/t18-/m0/s1. The van der Waals surface area contributed by atoms with Crippen molar-refractivity contribution in [1.29, 1.82) is 0 Å². The van der Waals surface area contributed by atoms with E-state index < -0.39 is 34.3 Å². The lowest BCUT2D eigenvalue weighted by Gasteiger charge is -2.31. The third-order valence-corrected chi connectivity index (χ3v) is 6.63. The molecule has 1 atom stereocenters. The van der Waals surface area contributed by atoms with Crippen molar-refractivity contribution in [3.05, 3.63) is 65.5 Å². The van der Waals surface area contributed by atoms with Crippen LogP contribution in [-0.2, 0) is 31.6 Å². The van der Waals surface area contributed by atoms with E-state index in [0.29, 0.717) is 17.8 Å². The van der Waals surface area contributed by atoms with Gasteiger partial charge in [-0.2, -0.15) is 0 Å². The van der Waals surface area contributed by atoms with Crippen molar-refractivity contribution in [3.8, 4) is 0 Å². The zero-order valence-corrected chi connectivity index (χ0v) is 21.4. The Kier molecular flexibility index (Phi) is 8.83. The van der Waals surface area contributed by atoms with Crippen LogP contribution in [0.5, 0.6) is 0 Å². The highest BCUT2D eigenvalue weighted by Gasteiger charge is 2.30. The van der Waals surface area contributed by atoms with Gasteiger partial charge in [0, 0.05) is 13.1 Å². The molecule has 0 aliphatic heterocycles. The Labute approximate surface area is 202 Å². The smallest absolute Gasteiger partial charge is 0.244 e. The van der Waals surface area contributed by atoms with E-state index in [9.17, 15) is 22.4 Å². The number of halogens is 1. The van der Waals surface area contributed by atoms with E-state index >= 15 is 0 Å². The highest BCUT2D eigenvalue weighted by Crippen LogP contribution is 2.26. The van der Waals surface area contributed by atoms with Gasteiger partial charge >= 0.3 is 0 Å². The van der Waals surface area contributed by atoms with Crippen molar-refractivity contribution in [1.82, 2.24) is 10.2 Å². The van der Waals surface area contributed by atoms with Gasteiger partial charge in [0.2, 0.25) is 21.8 Å². The lowest BCUT2D eigenvalue weighted by atomic mass is 9.87. The first-order valence-electron chi connectivity index (χ1n) is 11.1. The first-order valence-corrected chi connectivity index (χ1v) is 13.0. The van der Waals surface area contributed by atoms with Gasteiger partial charge in [-0.1, -0.05) is 45.0 Å². The van der Waals surface area contributed by atoms with E-state index in [4.69, 9.17) is 0 Å². The van der Waals surface area contributed by atoms with E-state index in [2.05, 4.69) is 26.1 Å². The van der Waals surface area contributed by atoms with E-state index in [0.717, 1.165) is 16.1 Å². The first kappa shape index (κ1) is 27.3. The fourth-order valence-corrected chi connectivity index (χ4v) is 4.28. The predicted octanol–water partition coefficient (Wildman–Crippen LogP) is 3.44. The lowest BCUT2D eigenvalue weighted by Crippen LogP contribution is -2.51. The Balaban J connectivity index is 2.38. The molecule has 1 N–H and O–H groups in total. The summed E-state index contributed by atoms with van der Waals surface area (Å²) in [6.07, 6.45) is 1.04. The van der Waals surface area contributed by atoms with Crippen LogP contribution >= 0.6 is 0 Å². The number of carbonyl (C=O) groups excluding carboxylic acids is 2. The summed E-state index contributed by atoms with van der Waals surface area (Å²) in [5.74, 6) is -1.33. The molecule has 2 aromatic rings. The van der Waals surface area contributed by atoms with Crippen LogP contribution in [0.4, 0.5) is 10.1 Å². The largest absolute Gasteiger partial charge is 0.355 e. The van der Waals surface area contributed by atoms with Crippen LogP contribution in [-0.4, -0.2) is 50.5 Å². The van der Waals surface area contributed by atoms with Crippen LogP contribution in [0.15, 0.2) is 48.5 Å². The number of benzene rings is 2. The number of hydrogen-bond acceptors (Lipinski definition) is 4. The van der Waals surface area contributed by atoms with Gasteiger partial charge in [-0.3, -0.25) is 13.9 Å². The van der Waals surface area contributed by atoms with E-state index in [1.54, 1.807) is 26.0 Å². The second kappa shape index (κ2) is 11.0. The fraction of sp³-hybridized carbons (Fsp3) is 0.440. The van der Waals surface area contributed by atoms with Crippen LogP contribution < -0.4 is 9.62 Å². The molecule has 0 saturated carbocycles. The second-order valence-corrected chi connectivity index (χ2v) is 11.2. The van der Waals surface area contributed by atoms with Crippen molar-refractivity contribution >= 4 is 27.5 Å². The maximum Gasteiger partial charge on any atom is 0.244 e. The predicted molar refractivity (Wildman–Crippen MR) is 132 cm³/mol. The molecule has 7 nitrogen and oxygen atoms in total. The molecule has 0 unspecified atom stereocenters. The molecule has 9 heteroatoms. The topological polar surface area (TPSA) is 86.8 Å². The fourth-order valence-electron chi connectivity index (χ4n) is 3.43. The summed E-state index contributed by atoms with van der Waals surface area (Å²) >= 11 is 0. The maximum atomic E-state index is 13.4. The van der Waals surface area contributed by atoms with Crippen molar-refractivity contribution in [2.75, 3.05) is 23.7 Å². The SMILES string of the molecule is CCNC(=O)[C@H](C)N(Cc1ccc(F)cc1)C(=O)CN(c1ccc(C(C)(C)C)cc1)S(C)(=O)=O. The van der Waals surface area contributed by atoms with Gasteiger partial charge in [0.25, 0.3) is 0 Å². The second-order valence-electron chi connectivity index (χ2n) is 9.29. The molecule has 2 rings (SSSR count). The van der Waals surface area contributed by atoms with Gasteiger partial charge in [-0.25, -0.2) is 12.8 Å². The van der Waals surface area contributed by atoms with Crippen LogP contribution in [0.3, 0.4) is 0 Å². The molecule has 0 saturated heterocycles. The van der Waals surface area contributed by atoms with Gasteiger partial charge in [0.1, 0.15) is 18.4 Å². The summed E-state index contributed by atoms with van der Waals surface area (Å²) in [6.45, 7) is 9.44. The van der Waals surface area contributed by atoms with Crippen molar-refractivity contribution < 1.29 is 22.4 Å². The van der Waals surface area contributed by atoms with Crippen LogP contribution in [0, 0.1) is 5.82 Å². The number of anilines is 1. The lowest BCUT2D eigenvalue weighted by molar-refractivity contribution is -0.139. The normalized spacial score (nSPS) is 12.7. The van der Waals surface area contributed by atoms with Crippen LogP contribution in [0.1, 0.15) is 45.7 Å². The Bertz CT molecular complexity index is 1090. The van der Waals surface area contributed by atoms with Crippen molar-refractivity contribution in [2.45, 2.75) is 52.6 Å². The van der Waals surface area contributed by atoms with Gasteiger partial charge in [-0.15, -0.1) is 0 Å². The van der Waals surface area contributed by atoms with Crippen LogP contribution in [0.25, 0.3) is 0 Å². The average molecular weight is 492 g/mol. The summed E-state index contributed by atoms with van der Waals surface area (Å²) in [6, 6.07) is 11.8. The summed E-state index contributed by atoms with van der Waals surface area (Å²) in [4.78, 5) is 27.2. The third kappa shape index (κ3) is 7.28. The number of nitrogens with one attached hydrogen (secondary N) is 1. The molecule has 0 aliphatic rings. The number of sulfonamides is 1. The minimum absolute atomic E-state index is 0.0258. The molecule has 0 aromatic heterocycles. The average Bonchev–Trinajstić information content (AvgIpc) is 2.75. The van der Waals surface area contributed by atoms with E-state index in [1.807, 2.05) is 12.1 Å². The Hall–Kier alpha value is -2.94. The molecule has 0 aliphatic carbocycles. The molecule has 2 aromatic carbocycles. The third-order valence-electron chi connectivity index (χ3n) is 5.48. The van der Waals surface area contributed by atoms with E-state index in [-0.39, 0.29) is 17.9 Å². The molecule has 0 radical (unpaired) electrons. The summed E-state index contributed by atoms with van der Waals surface area (Å²) in [5.41, 5.74) is 1.89. The maximum absolute atomic E-state index is 13.4. The summed E-state index contributed by atoms with van der Waals surface area (Å²) in [5, 5.41) is 2.69. The van der Waals surface area contributed by atoms with Crippen molar-refractivity contribution in [3.63, 3.8) is 0 Å². The zero-order valence-electron chi connectivity index (χ0n) is 20.6. The molecule has 0 heterocycles. The highest BCUT2D eigenvalue weighted by atomic mass is 32.2. The molecule has 0 fully saturated rings. The first-order chi connectivity index (χ1) is 15.7. The molecule has 34 heavy (non-hydrogen) atoms. The number of amides is 2. The monoisotopic (exact) mass is 491 g/mol. The summed E-state index contributed by atoms with van der Waals surface area (Å²) in [7, 11) is -3.79. The van der Waals surface area contributed by atoms with Gasteiger partial charge in [0.05, 0.1) is 11.9 Å². The Morgan fingerprint density at radius 3 is 2.06 bits per heavy atom. The number of likely N-dealkylation sites (N-methyl/N-ethyl adjacent to an activating group) is 1. The van der Waals surface area contributed by atoms with Gasteiger partial charge in [0.15, 0.2) is 0 Å².